The van der Waals surface area contributed by atoms with Crippen LogP contribution in [0.4, 0.5) is 8.78 Å². The van der Waals surface area contributed by atoms with Gasteiger partial charge < -0.3 is 5.11 Å². The standard InChI is InChI=1S/C14H10Br2F2OS/c15-8-2-1-3-9(6-8)20-7-12(19)13-11(17)5-4-10(16)14(13)18/h1-6,12,19H,7H2. The summed E-state index contributed by atoms with van der Waals surface area (Å²) in [6, 6.07) is 9.91. The van der Waals surface area contributed by atoms with E-state index in [1.807, 2.05) is 24.3 Å². The molecule has 20 heavy (non-hydrogen) atoms. The Morgan fingerprint density at radius 1 is 1.15 bits per heavy atom. The summed E-state index contributed by atoms with van der Waals surface area (Å²) in [5.41, 5.74) is -0.304. The van der Waals surface area contributed by atoms with Crippen LogP contribution in [0.2, 0.25) is 0 Å². The van der Waals surface area contributed by atoms with Gasteiger partial charge in [-0.25, -0.2) is 8.78 Å². The van der Waals surface area contributed by atoms with Gasteiger partial charge in [0.2, 0.25) is 0 Å². The molecule has 0 saturated heterocycles. The summed E-state index contributed by atoms with van der Waals surface area (Å²) < 4.78 is 28.5. The van der Waals surface area contributed by atoms with Gasteiger partial charge in [-0.3, -0.25) is 0 Å². The Morgan fingerprint density at radius 2 is 1.90 bits per heavy atom. The van der Waals surface area contributed by atoms with Crippen LogP contribution in [-0.4, -0.2) is 10.9 Å². The number of benzene rings is 2. The molecule has 1 unspecified atom stereocenters. The summed E-state index contributed by atoms with van der Waals surface area (Å²) in [6.45, 7) is 0. The molecular weight excluding hydrogens is 414 g/mol. The first kappa shape index (κ1) is 15.9. The summed E-state index contributed by atoms with van der Waals surface area (Å²) in [4.78, 5) is 0.911. The van der Waals surface area contributed by atoms with E-state index in [1.54, 1.807) is 0 Å². The first-order valence-corrected chi connectivity index (χ1v) is 8.26. The van der Waals surface area contributed by atoms with E-state index in [1.165, 1.54) is 17.8 Å². The molecule has 2 rings (SSSR count). The Morgan fingerprint density at radius 3 is 2.60 bits per heavy atom. The molecule has 0 amide bonds. The fourth-order valence-corrected chi connectivity index (χ4v) is 3.46. The smallest absolute Gasteiger partial charge is 0.146 e. The fraction of sp³-hybridized carbons (Fsp3) is 0.143. The third-order valence-electron chi connectivity index (χ3n) is 2.62. The van der Waals surface area contributed by atoms with Crippen molar-refractivity contribution in [3.63, 3.8) is 0 Å². The van der Waals surface area contributed by atoms with Gasteiger partial charge in [-0.15, -0.1) is 11.8 Å². The van der Waals surface area contributed by atoms with Crippen molar-refractivity contribution in [3.05, 3.63) is 62.5 Å². The van der Waals surface area contributed by atoms with E-state index < -0.39 is 17.7 Å². The second-order valence-electron chi connectivity index (χ2n) is 4.04. The van der Waals surface area contributed by atoms with E-state index in [9.17, 15) is 13.9 Å². The molecule has 0 heterocycles. The van der Waals surface area contributed by atoms with Gasteiger partial charge in [-0.05, 0) is 46.3 Å². The maximum absolute atomic E-state index is 13.8. The van der Waals surface area contributed by atoms with E-state index in [0.717, 1.165) is 15.4 Å². The average molecular weight is 424 g/mol. The van der Waals surface area contributed by atoms with Crippen LogP contribution < -0.4 is 0 Å². The number of aliphatic hydroxyl groups is 1. The van der Waals surface area contributed by atoms with Gasteiger partial charge in [0.05, 0.1) is 16.1 Å². The quantitative estimate of drug-likeness (QED) is 0.530. The van der Waals surface area contributed by atoms with Crippen LogP contribution in [-0.2, 0) is 0 Å². The molecule has 2 aromatic carbocycles. The number of hydrogen-bond acceptors (Lipinski definition) is 2. The third kappa shape index (κ3) is 3.81. The molecule has 0 spiro atoms. The molecule has 0 aromatic heterocycles. The van der Waals surface area contributed by atoms with Crippen molar-refractivity contribution in [2.45, 2.75) is 11.0 Å². The number of aliphatic hydroxyl groups excluding tert-OH is 1. The Balaban J connectivity index is 2.13. The summed E-state index contributed by atoms with van der Waals surface area (Å²) in [5, 5.41) is 10.0. The minimum Gasteiger partial charge on any atom is -0.387 e. The van der Waals surface area contributed by atoms with Crippen LogP contribution in [0, 0.1) is 11.6 Å². The van der Waals surface area contributed by atoms with Crippen molar-refractivity contribution in [2.24, 2.45) is 0 Å². The second-order valence-corrected chi connectivity index (χ2v) is 6.90. The van der Waals surface area contributed by atoms with Crippen LogP contribution >= 0.6 is 43.6 Å². The highest BCUT2D eigenvalue weighted by molar-refractivity contribution is 9.10. The molecule has 0 bridgehead atoms. The molecule has 0 radical (unpaired) electrons. The van der Waals surface area contributed by atoms with E-state index in [0.29, 0.717) is 0 Å². The normalized spacial score (nSPS) is 12.4. The molecule has 1 nitrogen and oxygen atoms in total. The maximum Gasteiger partial charge on any atom is 0.146 e. The van der Waals surface area contributed by atoms with Crippen molar-refractivity contribution in [2.75, 3.05) is 5.75 Å². The summed E-state index contributed by atoms with van der Waals surface area (Å²) in [7, 11) is 0. The molecule has 0 aliphatic carbocycles. The number of thioether (sulfide) groups is 1. The zero-order valence-electron chi connectivity index (χ0n) is 10.1. The van der Waals surface area contributed by atoms with Crippen molar-refractivity contribution >= 4 is 43.6 Å². The number of halogens is 4. The zero-order chi connectivity index (χ0) is 14.7. The molecule has 0 saturated carbocycles. The van der Waals surface area contributed by atoms with Crippen LogP contribution in [0.1, 0.15) is 11.7 Å². The Hall–Kier alpha value is -0.430. The molecule has 2 aromatic rings. The highest BCUT2D eigenvalue weighted by Crippen LogP contribution is 2.31. The van der Waals surface area contributed by atoms with Gasteiger partial charge in [-0.2, -0.15) is 0 Å². The lowest BCUT2D eigenvalue weighted by Crippen LogP contribution is -2.07. The first-order valence-electron chi connectivity index (χ1n) is 5.69. The summed E-state index contributed by atoms with van der Waals surface area (Å²) in [6.07, 6.45) is -1.21. The molecule has 1 atom stereocenters. The highest BCUT2D eigenvalue weighted by atomic mass is 79.9. The highest BCUT2D eigenvalue weighted by Gasteiger charge is 2.20. The molecule has 6 heteroatoms. The maximum atomic E-state index is 13.8. The molecule has 0 aliphatic heterocycles. The molecular formula is C14H10Br2F2OS. The lowest BCUT2D eigenvalue weighted by atomic mass is 10.1. The predicted octanol–water partition coefficient (Wildman–Crippen LogP) is 5.32. The minimum atomic E-state index is -1.21. The van der Waals surface area contributed by atoms with E-state index in [2.05, 4.69) is 31.9 Å². The number of hydrogen-bond donors (Lipinski definition) is 1. The van der Waals surface area contributed by atoms with Crippen molar-refractivity contribution < 1.29 is 13.9 Å². The Kier molecular flexibility index (Phi) is 5.60. The first-order chi connectivity index (χ1) is 9.49. The van der Waals surface area contributed by atoms with Crippen molar-refractivity contribution in [3.8, 4) is 0 Å². The monoisotopic (exact) mass is 422 g/mol. The zero-order valence-corrected chi connectivity index (χ0v) is 14.1. The lowest BCUT2D eigenvalue weighted by Gasteiger charge is -2.13. The van der Waals surface area contributed by atoms with Crippen LogP contribution in [0.25, 0.3) is 0 Å². The average Bonchev–Trinajstić information content (AvgIpc) is 2.41. The second kappa shape index (κ2) is 7.02. The number of rotatable bonds is 4. The molecule has 0 fully saturated rings. The van der Waals surface area contributed by atoms with E-state index in [-0.39, 0.29) is 15.8 Å². The lowest BCUT2D eigenvalue weighted by molar-refractivity contribution is 0.193. The summed E-state index contributed by atoms with van der Waals surface area (Å²) >= 11 is 7.67. The van der Waals surface area contributed by atoms with Gasteiger partial charge in [0.25, 0.3) is 0 Å². The predicted molar refractivity (Wildman–Crippen MR) is 83.9 cm³/mol. The van der Waals surface area contributed by atoms with Gasteiger partial charge >= 0.3 is 0 Å². The SMILES string of the molecule is OC(CSc1cccc(Br)c1)c1c(F)ccc(Br)c1F. The summed E-state index contributed by atoms with van der Waals surface area (Å²) in [5.74, 6) is -1.33. The van der Waals surface area contributed by atoms with Crippen LogP contribution in [0.15, 0.2) is 50.2 Å². The van der Waals surface area contributed by atoms with Gasteiger partial charge in [0, 0.05) is 15.1 Å². The van der Waals surface area contributed by atoms with Crippen LogP contribution in [0.5, 0.6) is 0 Å². The van der Waals surface area contributed by atoms with Gasteiger partial charge in [-0.1, -0.05) is 22.0 Å². The van der Waals surface area contributed by atoms with E-state index >= 15 is 0 Å². The third-order valence-corrected chi connectivity index (χ3v) is 4.79. The Labute approximate surface area is 136 Å². The largest absolute Gasteiger partial charge is 0.387 e. The molecule has 0 aliphatic rings. The van der Waals surface area contributed by atoms with Crippen molar-refractivity contribution in [1.29, 1.82) is 0 Å². The molecule has 106 valence electrons. The van der Waals surface area contributed by atoms with Gasteiger partial charge in [0.15, 0.2) is 0 Å². The fourth-order valence-electron chi connectivity index (χ4n) is 1.66. The van der Waals surface area contributed by atoms with Gasteiger partial charge in [0.1, 0.15) is 11.6 Å². The van der Waals surface area contributed by atoms with E-state index in [4.69, 9.17) is 0 Å². The Bertz CT molecular complexity index is 622. The van der Waals surface area contributed by atoms with Crippen molar-refractivity contribution in [1.82, 2.24) is 0 Å². The minimum absolute atomic E-state index is 0.139. The topological polar surface area (TPSA) is 20.2 Å². The van der Waals surface area contributed by atoms with Crippen LogP contribution in [0.3, 0.4) is 0 Å². The molecule has 1 N–H and O–H groups in total.